The molecule has 3 nitrogen and oxygen atoms in total. The SMILES string of the molecule is CCN(CCC(=O)O)C1CCCC(C)C1C. The predicted molar refractivity (Wildman–Crippen MR) is 65.5 cm³/mol. The summed E-state index contributed by atoms with van der Waals surface area (Å²) in [7, 11) is 0. The molecular weight excluding hydrogens is 202 g/mol. The van der Waals surface area contributed by atoms with Gasteiger partial charge in [-0.15, -0.1) is 0 Å². The van der Waals surface area contributed by atoms with E-state index >= 15 is 0 Å². The maximum atomic E-state index is 10.6. The minimum atomic E-state index is -0.685. The Morgan fingerprint density at radius 2 is 2.06 bits per heavy atom. The van der Waals surface area contributed by atoms with Gasteiger partial charge in [0.25, 0.3) is 0 Å². The molecule has 0 aliphatic heterocycles. The fourth-order valence-electron chi connectivity index (χ4n) is 2.87. The second kappa shape index (κ2) is 6.24. The molecule has 0 radical (unpaired) electrons. The van der Waals surface area contributed by atoms with Crippen LogP contribution in [0.15, 0.2) is 0 Å². The molecule has 1 N–H and O–H groups in total. The number of nitrogens with zero attached hydrogens (tertiary/aromatic N) is 1. The van der Waals surface area contributed by atoms with Crippen LogP contribution in [-0.4, -0.2) is 35.1 Å². The van der Waals surface area contributed by atoms with Gasteiger partial charge in [-0.3, -0.25) is 9.69 Å². The molecule has 0 heterocycles. The molecule has 0 bridgehead atoms. The monoisotopic (exact) mass is 227 g/mol. The van der Waals surface area contributed by atoms with E-state index in [0.29, 0.717) is 18.5 Å². The normalized spacial score (nSPS) is 30.6. The van der Waals surface area contributed by atoms with Gasteiger partial charge in [-0.1, -0.05) is 33.6 Å². The molecule has 94 valence electrons. The van der Waals surface area contributed by atoms with E-state index in [1.807, 2.05) is 0 Å². The van der Waals surface area contributed by atoms with Gasteiger partial charge in [0.15, 0.2) is 0 Å². The maximum absolute atomic E-state index is 10.6. The summed E-state index contributed by atoms with van der Waals surface area (Å²) < 4.78 is 0. The van der Waals surface area contributed by atoms with Crippen LogP contribution in [0.1, 0.15) is 46.5 Å². The Bertz CT molecular complexity index is 230. The van der Waals surface area contributed by atoms with Crippen molar-refractivity contribution in [3.05, 3.63) is 0 Å². The third-order valence-electron chi connectivity index (χ3n) is 4.15. The predicted octanol–water partition coefficient (Wildman–Crippen LogP) is 2.61. The van der Waals surface area contributed by atoms with Gasteiger partial charge in [-0.25, -0.2) is 0 Å². The van der Waals surface area contributed by atoms with E-state index in [-0.39, 0.29) is 6.42 Å². The van der Waals surface area contributed by atoms with Crippen LogP contribution in [0.25, 0.3) is 0 Å². The molecule has 0 saturated heterocycles. The lowest BCUT2D eigenvalue weighted by Crippen LogP contribution is -2.44. The molecule has 1 fully saturated rings. The quantitative estimate of drug-likeness (QED) is 0.785. The Balaban J connectivity index is 2.53. The Hall–Kier alpha value is -0.570. The molecule has 1 rings (SSSR count). The summed E-state index contributed by atoms with van der Waals surface area (Å²) >= 11 is 0. The van der Waals surface area contributed by atoms with Crippen LogP contribution in [-0.2, 0) is 4.79 Å². The van der Waals surface area contributed by atoms with Gasteiger partial charge >= 0.3 is 5.97 Å². The highest BCUT2D eigenvalue weighted by Crippen LogP contribution is 2.32. The Labute approximate surface area is 98.8 Å². The van der Waals surface area contributed by atoms with Gasteiger partial charge in [0.1, 0.15) is 0 Å². The topological polar surface area (TPSA) is 40.5 Å². The van der Waals surface area contributed by atoms with Crippen molar-refractivity contribution in [2.24, 2.45) is 11.8 Å². The van der Waals surface area contributed by atoms with Crippen molar-refractivity contribution >= 4 is 5.97 Å². The van der Waals surface area contributed by atoms with Gasteiger partial charge in [0.2, 0.25) is 0 Å². The van der Waals surface area contributed by atoms with E-state index < -0.39 is 5.97 Å². The molecule has 3 atom stereocenters. The summed E-state index contributed by atoms with van der Waals surface area (Å²) in [6.45, 7) is 8.44. The van der Waals surface area contributed by atoms with E-state index in [9.17, 15) is 4.79 Å². The highest BCUT2D eigenvalue weighted by molar-refractivity contribution is 5.66. The van der Waals surface area contributed by atoms with Crippen molar-refractivity contribution < 1.29 is 9.90 Å². The van der Waals surface area contributed by atoms with Crippen LogP contribution in [0, 0.1) is 11.8 Å². The Morgan fingerprint density at radius 3 is 2.62 bits per heavy atom. The van der Waals surface area contributed by atoms with Crippen molar-refractivity contribution in [2.45, 2.75) is 52.5 Å². The second-order valence-corrected chi connectivity index (χ2v) is 5.11. The van der Waals surface area contributed by atoms with E-state index in [1.54, 1.807) is 0 Å². The maximum Gasteiger partial charge on any atom is 0.304 e. The molecule has 1 saturated carbocycles. The first-order chi connectivity index (χ1) is 7.56. The number of carbonyl (C=O) groups is 1. The first kappa shape index (κ1) is 13.5. The van der Waals surface area contributed by atoms with Gasteiger partial charge in [-0.2, -0.15) is 0 Å². The molecule has 0 amide bonds. The molecule has 0 aromatic rings. The fraction of sp³-hybridized carbons (Fsp3) is 0.923. The van der Waals surface area contributed by atoms with Gasteiger partial charge in [0, 0.05) is 12.6 Å². The molecule has 3 heteroatoms. The molecule has 0 spiro atoms. The van der Waals surface area contributed by atoms with E-state index in [4.69, 9.17) is 5.11 Å². The van der Waals surface area contributed by atoms with Crippen molar-refractivity contribution in [3.8, 4) is 0 Å². The summed E-state index contributed by atoms with van der Waals surface area (Å²) in [5.74, 6) is 0.787. The van der Waals surface area contributed by atoms with Gasteiger partial charge in [-0.05, 0) is 24.8 Å². The number of carboxylic acid groups (broad SMARTS) is 1. The molecule has 1 aliphatic carbocycles. The Kier molecular flexibility index (Phi) is 5.26. The number of carboxylic acids is 1. The van der Waals surface area contributed by atoms with Crippen LogP contribution < -0.4 is 0 Å². The summed E-state index contributed by atoms with van der Waals surface area (Å²) in [5, 5.41) is 8.75. The van der Waals surface area contributed by atoms with Crippen molar-refractivity contribution in [1.82, 2.24) is 4.90 Å². The summed E-state index contributed by atoms with van der Waals surface area (Å²) in [5.41, 5.74) is 0. The zero-order chi connectivity index (χ0) is 12.1. The lowest BCUT2D eigenvalue weighted by Gasteiger charge is -2.41. The van der Waals surface area contributed by atoms with E-state index in [2.05, 4.69) is 25.7 Å². The van der Waals surface area contributed by atoms with Gasteiger partial charge in [0.05, 0.1) is 6.42 Å². The highest BCUT2D eigenvalue weighted by Gasteiger charge is 2.30. The van der Waals surface area contributed by atoms with Crippen molar-refractivity contribution in [3.63, 3.8) is 0 Å². The molecule has 0 aromatic heterocycles. The lowest BCUT2D eigenvalue weighted by atomic mass is 9.77. The van der Waals surface area contributed by atoms with Crippen LogP contribution in [0.5, 0.6) is 0 Å². The summed E-state index contributed by atoms with van der Waals surface area (Å²) in [6, 6.07) is 0.591. The zero-order valence-corrected chi connectivity index (χ0v) is 10.8. The minimum Gasteiger partial charge on any atom is -0.481 e. The number of hydrogen-bond donors (Lipinski definition) is 1. The number of aliphatic carboxylic acids is 1. The van der Waals surface area contributed by atoms with Crippen LogP contribution in [0.4, 0.5) is 0 Å². The van der Waals surface area contributed by atoms with Gasteiger partial charge < -0.3 is 5.11 Å². The summed E-state index contributed by atoms with van der Waals surface area (Å²) in [4.78, 5) is 13.0. The first-order valence-electron chi connectivity index (χ1n) is 6.52. The first-order valence-corrected chi connectivity index (χ1v) is 6.52. The smallest absolute Gasteiger partial charge is 0.304 e. The Morgan fingerprint density at radius 1 is 1.38 bits per heavy atom. The van der Waals surface area contributed by atoms with Crippen molar-refractivity contribution in [1.29, 1.82) is 0 Å². The average Bonchev–Trinajstić information content (AvgIpc) is 2.24. The second-order valence-electron chi connectivity index (χ2n) is 5.11. The van der Waals surface area contributed by atoms with Crippen LogP contribution >= 0.6 is 0 Å². The highest BCUT2D eigenvalue weighted by atomic mass is 16.4. The number of hydrogen-bond acceptors (Lipinski definition) is 2. The van der Waals surface area contributed by atoms with Crippen LogP contribution in [0.2, 0.25) is 0 Å². The minimum absolute atomic E-state index is 0.269. The van der Waals surface area contributed by atoms with E-state index in [1.165, 1.54) is 19.3 Å². The molecular formula is C13H25NO2. The number of rotatable bonds is 5. The molecule has 0 aromatic carbocycles. The standard InChI is InChI=1S/C13H25NO2/c1-4-14(9-8-13(15)16)12-7-5-6-10(2)11(12)3/h10-12H,4-9H2,1-3H3,(H,15,16). The zero-order valence-electron chi connectivity index (χ0n) is 10.8. The molecule has 16 heavy (non-hydrogen) atoms. The summed E-state index contributed by atoms with van der Waals surface area (Å²) in [6.07, 6.45) is 4.12. The van der Waals surface area contributed by atoms with Crippen molar-refractivity contribution in [2.75, 3.05) is 13.1 Å². The third kappa shape index (κ3) is 3.48. The lowest BCUT2D eigenvalue weighted by molar-refractivity contribution is -0.137. The molecule has 3 unspecified atom stereocenters. The molecule has 1 aliphatic rings. The van der Waals surface area contributed by atoms with E-state index in [0.717, 1.165) is 12.5 Å². The fourth-order valence-corrected chi connectivity index (χ4v) is 2.87. The largest absolute Gasteiger partial charge is 0.481 e. The van der Waals surface area contributed by atoms with Crippen LogP contribution in [0.3, 0.4) is 0 Å². The average molecular weight is 227 g/mol. The third-order valence-corrected chi connectivity index (χ3v) is 4.15.